The second-order valence-corrected chi connectivity index (χ2v) is 8.44. The summed E-state index contributed by atoms with van der Waals surface area (Å²) in [6.45, 7) is 3.68. The molecule has 2 saturated heterocycles. The van der Waals surface area contributed by atoms with Crippen LogP contribution in [0.25, 0.3) is 0 Å². The number of fused-ring (bicyclic) bond motifs is 4. The third-order valence-electron chi connectivity index (χ3n) is 6.60. The average molecular weight is 420 g/mol. The first-order chi connectivity index (χ1) is 13.7. The van der Waals surface area contributed by atoms with Crippen molar-refractivity contribution in [1.29, 1.82) is 0 Å². The Labute approximate surface area is 172 Å². The average Bonchev–Trinajstić information content (AvgIpc) is 3.26. The maximum atomic E-state index is 13.4. The minimum Gasteiger partial charge on any atom is -0.550 e. The number of nitrogens with two attached hydrogens (primary N) is 1. The molecule has 5 atom stereocenters. The van der Waals surface area contributed by atoms with Crippen molar-refractivity contribution >= 4 is 41.0 Å². The molecule has 0 radical (unpaired) electrons. The second kappa shape index (κ2) is 6.81. The van der Waals surface area contributed by atoms with Gasteiger partial charge in [0.1, 0.15) is 17.9 Å². The van der Waals surface area contributed by atoms with Gasteiger partial charge < -0.3 is 20.5 Å². The Bertz CT molecular complexity index is 935. The zero-order valence-corrected chi connectivity index (χ0v) is 16.9. The number of hydrogen-bond donors (Lipinski definition) is 2. The molecule has 154 valence electrons. The van der Waals surface area contributed by atoms with E-state index in [0.29, 0.717) is 22.7 Å². The summed E-state index contributed by atoms with van der Waals surface area (Å²) in [5, 5.41) is 15.9. The maximum Gasteiger partial charge on any atom is 0.291 e. The Morgan fingerprint density at radius 1 is 1.34 bits per heavy atom. The number of carbonyl (C=O) groups is 4. The zero-order valence-electron chi connectivity index (χ0n) is 16.1. The fourth-order valence-corrected chi connectivity index (χ4v) is 5.36. The minimum absolute atomic E-state index is 0.127. The van der Waals surface area contributed by atoms with Crippen LogP contribution >= 0.6 is 11.6 Å². The van der Waals surface area contributed by atoms with Crippen LogP contribution in [0.15, 0.2) is 18.2 Å². The van der Waals surface area contributed by atoms with E-state index in [4.69, 9.17) is 11.6 Å². The van der Waals surface area contributed by atoms with Crippen molar-refractivity contribution in [2.75, 3.05) is 5.32 Å². The Hall–Kier alpha value is -2.45. The smallest absolute Gasteiger partial charge is 0.291 e. The summed E-state index contributed by atoms with van der Waals surface area (Å²) >= 11 is 6.27. The second-order valence-electron chi connectivity index (χ2n) is 8.03. The predicted octanol–water partition coefficient (Wildman–Crippen LogP) is -0.637. The highest BCUT2D eigenvalue weighted by molar-refractivity contribution is 6.35. The highest BCUT2D eigenvalue weighted by Crippen LogP contribution is 2.51. The van der Waals surface area contributed by atoms with Gasteiger partial charge in [0.05, 0.1) is 10.7 Å². The van der Waals surface area contributed by atoms with Gasteiger partial charge in [-0.25, -0.2) is 0 Å². The number of para-hydroxylation sites is 1. The number of nitrogens with zero attached hydrogens (tertiary/aromatic N) is 1. The lowest BCUT2D eigenvalue weighted by Crippen LogP contribution is -2.99. The molecule has 3 aliphatic rings. The molecule has 9 heteroatoms. The largest absolute Gasteiger partial charge is 0.550 e. The van der Waals surface area contributed by atoms with Gasteiger partial charge in [-0.05, 0) is 31.9 Å². The van der Waals surface area contributed by atoms with Gasteiger partial charge in [0.15, 0.2) is 0 Å². The van der Waals surface area contributed by atoms with Crippen LogP contribution < -0.4 is 15.7 Å². The molecule has 0 saturated carbocycles. The number of quaternary nitrogens is 1. The molecule has 1 aromatic rings. The number of nitrogens with one attached hydrogen (secondary N) is 1. The number of imide groups is 1. The van der Waals surface area contributed by atoms with Gasteiger partial charge in [0.2, 0.25) is 17.4 Å². The molecule has 1 aromatic carbocycles. The van der Waals surface area contributed by atoms with Gasteiger partial charge in [-0.3, -0.25) is 19.3 Å². The number of hydrogen-bond acceptors (Lipinski definition) is 5. The molecule has 0 unspecified atom stereocenters. The lowest BCUT2D eigenvalue weighted by molar-refractivity contribution is -0.734. The van der Waals surface area contributed by atoms with Crippen LogP contribution in [0.3, 0.4) is 0 Å². The summed E-state index contributed by atoms with van der Waals surface area (Å²) in [5.41, 5.74) is -0.332. The van der Waals surface area contributed by atoms with E-state index in [1.807, 2.05) is 6.92 Å². The van der Waals surface area contributed by atoms with E-state index in [9.17, 15) is 24.3 Å². The monoisotopic (exact) mass is 419 g/mol. The molecule has 0 bridgehead atoms. The number of carbonyl (C=O) groups excluding carboxylic acids is 4. The van der Waals surface area contributed by atoms with E-state index in [2.05, 4.69) is 5.32 Å². The predicted molar refractivity (Wildman–Crippen MR) is 100 cm³/mol. The lowest BCUT2D eigenvalue weighted by atomic mass is 9.76. The quantitative estimate of drug-likeness (QED) is 0.615. The molecule has 0 aliphatic carbocycles. The summed E-state index contributed by atoms with van der Waals surface area (Å²) in [6, 6.07) is 4.25. The number of benzene rings is 1. The first-order valence-electron chi connectivity index (χ1n) is 9.77. The normalized spacial score (nSPS) is 31.2. The van der Waals surface area contributed by atoms with Crippen molar-refractivity contribution < 1.29 is 29.6 Å². The summed E-state index contributed by atoms with van der Waals surface area (Å²) in [7, 11) is 0. The van der Waals surface area contributed by atoms with Gasteiger partial charge in [-0.1, -0.05) is 24.6 Å². The molecule has 3 amide bonds. The molecule has 0 aromatic heterocycles. The van der Waals surface area contributed by atoms with E-state index in [-0.39, 0.29) is 30.7 Å². The third-order valence-corrected chi connectivity index (χ3v) is 6.92. The van der Waals surface area contributed by atoms with E-state index < -0.39 is 35.3 Å². The number of anilines is 1. The Morgan fingerprint density at radius 3 is 2.72 bits per heavy atom. The fourth-order valence-electron chi connectivity index (χ4n) is 5.14. The van der Waals surface area contributed by atoms with E-state index in [1.54, 1.807) is 30.4 Å². The van der Waals surface area contributed by atoms with Crippen molar-refractivity contribution in [3.05, 3.63) is 28.8 Å². The first kappa shape index (κ1) is 19.8. The Morgan fingerprint density at radius 2 is 2.07 bits per heavy atom. The Balaban J connectivity index is 1.86. The van der Waals surface area contributed by atoms with Crippen LogP contribution in [0.1, 0.15) is 38.7 Å². The summed E-state index contributed by atoms with van der Waals surface area (Å²) < 4.78 is 0. The first-order valence-corrected chi connectivity index (χ1v) is 10.1. The number of rotatable bonds is 5. The van der Waals surface area contributed by atoms with Gasteiger partial charge in [-0.2, -0.15) is 0 Å². The lowest BCUT2D eigenvalue weighted by Gasteiger charge is -2.28. The molecule has 1 spiro atoms. The zero-order chi connectivity index (χ0) is 21.1. The molecule has 29 heavy (non-hydrogen) atoms. The standard InChI is InChI=1S/C20H22ClN3O5/c1-3-9(2)24-17(27)14-12(7-8-13(25)26)23-20(15(14)18(24)28)10-5-4-6-11(21)16(10)22-19(20)29/h4-6,9,12,14-15,23H,3,7-8H2,1-2H3,(H,22,29)(H,25,26)/t9-,12+,14+,15-,20+/m0/s1. The van der Waals surface area contributed by atoms with Crippen LogP contribution in [-0.2, 0) is 24.7 Å². The minimum atomic E-state index is -1.34. The molecule has 8 nitrogen and oxygen atoms in total. The molecule has 2 fully saturated rings. The summed E-state index contributed by atoms with van der Waals surface area (Å²) in [5.74, 6) is -4.04. The summed E-state index contributed by atoms with van der Waals surface area (Å²) in [4.78, 5) is 52.2. The summed E-state index contributed by atoms with van der Waals surface area (Å²) in [6.07, 6.45) is 0.461. The molecule has 3 N–H and O–H groups in total. The number of likely N-dealkylation sites (tertiary alicyclic amines) is 1. The van der Waals surface area contributed by atoms with Crippen molar-refractivity contribution in [2.24, 2.45) is 11.8 Å². The van der Waals surface area contributed by atoms with Crippen LogP contribution in [0.2, 0.25) is 5.02 Å². The fraction of sp³-hybridized carbons (Fsp3) is 0.500. The van der Waals surface area contributed by atoms with Crippen molar-refractivity contribution in [3.8, 4) is 0 Å². The Kier molecular flexibility index (Phi) is 4.66. The van der Waals surface area contributed by atoms with E-state index >= 15 is 0 Å². The molecular weight excluding hydrogens is 398 g/mol. The highest BCUT2D eigenvalue weighted by Gasteiger charge is 2.74. The highest BCUT2D eigenvalue weighted by atomic mass is 35.5. The van der Waals surface area contributed by atoms with E-state index in [0.717, 1.165) is 0 Å². The van der Waals surface area contributed by atoms with Crippen LogP contribution in [-0.4, -0.2) is 40.7 Å². The van der Waals surface area contributed by atoms with Crippen LogP contribution in [0.4, 0.5) is 5.69 Å². The number of carboxylic acids is 1. The maximum absolute atomic E-state index is 13.4. The number of aliphatic carboxylic acids is 1. The van der Waals surface area contributed by atoms with Crippen LogP contribution in [0, 0.1) is 11.8 Å². The molecule has 3 aliphatic heterocycles. The van der Waals surface area contributed by atoms with Gasteiger partial charge in [0, 0.05) is 24.0 Å². The van der Waals surface area contributed by atoms with Crippen molar-refractivity contribution in [3.63, 3.8) is 0 Å². The molecular formula is C20H22ClN3O5. The van der Waals surface area contributed by atoms with Crippen molar-refractivity contribution in [2.45, 2.75) is 50.7 Å². The molecule has 3 heterocycles. The number of carboxylic acid groups (broad SMARTS) is 1. The molecule has 4 rings (SSSR count). The van der Waals surface area contributed by atoms with Gasteiger partial charge in [0.25, 0.3) is 5.91 Å². The SMILES string of the molecule is CC[C@H](C)N1C(=O)[C@H]2[C@@H](C1=O)[C@@]1([NH2+][C@@H]2CCC(=O)[O-])C(=O)Nc2c(Cl)cccc21. The topological polar surface area (TPSA) is 123 Å². The van der Waals surface area contributed by atoms with Gasteiger partial charge >= 0.3 is 0 Å². The van der Waals surface area contributed by atoms with Gasteiger partial charge in [-0.15, -0.1) is 0 Å². The number of amides is 3. The third kappa shape index (κ3) is 2.62. The van der Waals surface area contributed by atoms with Crippen LogP contribution in [0.5, 0.6) is 0 Å². The van der Waals surface area contributed by atoms with Crippen molar-refractivity contribution in [1.82, 2.24) is 4.90 Å². The number of halogens is 1. The van der Waals surface area contributed by atoms with E-state index in [1.165, 1.54) is 4.90 Å².